The van der Waals surface area contributed by atoms with Crippen LogP contribution in [0, 0.1) is 5.82 Å². The molecule has 1 aromatic heterocycles. The van der Waals surface area contributed by atoms with Crippen LogP contribution in [0.5, 0.6) is 0 Å². The molecule has 0 aliphatic rings. The molecule has 0 saturated heterocycles. The molecule has 100 valence electrons. The molecule has 0 aliphatic carbocycles. The molecule has 0 radical (unpaired) electrons. The van der Waals surface area contributed by atoms with E-state index in [0.717, 1.165) is 10.8 Å². The lowest BCUT2D eigenvalue weighted by atomic mass is 9.97. The van der Waals surface area contributed by atoms with E-state index in [1.165, 1.54) is 6.07 Å². The molecule has 3 aromatic rings. The van der Waals surface area contributed by atoms with Crippen molar-refractivity contribution < 1.29 is 9.50 Å². The van der Waals surface area contributed by atoms with Crippen molar-refractivity contribution in [3.05, 3.63) is 76.3 Å². The fourth-order valence-electron chi connectivity index (χ4n) is 2.27. The van der Waals surface area contributed by atoms with E-state index in [1.807, 2.05) is 18.2 Å². The Morgan fingerprint density at radius 3 is 2.75 bits per heavy atom. The topological polar surface area (TPSA) is 33.1 Å². The van der Waals surface area contributed by atoms with Crippen molar-refractivity contribution in [2.45, 2.75) is 6.10 Å². The summed E-state index contributed by atoms with van der Waals surface area (Å²) in [5, 5.41) is 12.3. The predicted octanol–water partition coefficient (Wildman–Crippen LogP) is 4.22. The summed E-state index contributed by atoms with van der Waals surface area (Å²) in [6, 6.07) is 12.1. The van der Waals surface area contributed by atoms with Gasteiger partial charge >= 0.3 is 0 Å². The monoisotopic (exact) mass is 331 g/mol. The Kier molecular flexibility index (Phi) is 3.51. The predicted molar refractivity (Wildman–Crippen MR) is 79.9 cm³/mol. The number of aromatic nitrogens is 1. The van der Waals surface area contributed by atoms with Crippen LogP contribution in [0.1, 0.15) is 17.2 Å². The zero-order valence-corrected chi connectivity index (χ0v) is 12.0. The summed E-state index contributed by atoms with van der Waals surface area (Å²) >= 11 is 3.21. The Labute approximate surface area is 124 Å². The van der Waals surface area contributed by atoms with Crippen LogP contribution >= 0.6 is 15.9 Å². The van der Waals surface area contributed by atoms with E-state index in [2.05, 4.69) is 20.9 Å². The van der Waals surface area contributed by atoms with Gasteiger partial charge in [-0.15, -0.1) is 0 Å². The van der Waals surface area contributed by atoms with E-state index in [4.69, 9.17) is 0 Å². The molecule has 2 nitrogen and oxygen atoms in total. The number of hydrogen-bond acceptors (Lipinski definition) is 2. The average molecular weight is 332 g/mol. The van der Waals surface area contributed by atoms with Gasteiger partial charge in [-0.25, -0.2) is 4.39 Å². The number of aliphatic hydroxyl groups is 1. The van der Waals surface area contributed by atoms with Crippen molar-refractivity contribution in [1.82, 2.24) is 4.98 Å². The normalized spacial score (nSPS) is 12.6. The number of aliphatic hydroxyl groups excluding tert-OH is 1. The standard InChI is InChI=1S/C16H11BrFNO/c17-11-4-5-13(15(18)8-11)16(20)12-3-1-2-10-6-7-19-9-14(10)12/h1-9,16,20H. The minimum Gasteiger partial charge on any atom is -0.384 e. The molecular formula is C16H11BrFNO. The first kappa shape index (κ1) is 13.2. The van der Waals surface area contributed by atoms with Crippen LogP contribution in [0.25, 0.3) is 10.8 Å². The molecule has 0 bridgehead atoms. The Morgan fingerprint density at radius 1 is 1.10 bits per heavy atom. The summed E-state index contributed by atoms with van der Waals surface area (Å²) in [5.41, 5.74) is 0.904. The van der Waals surface area contributed by atoms with Crippen molar-refractivity contribution in [3.8, 4) is 0 Å². The third kappa shape index (κ3) is 2.32. The largest absolute Gasteiger partial charge is 0.384 e. The highest BCUT2D eigenvalue weighted by Gasteiger charge is 2.17. The van der Waals surface area contributed by atoms with Crippen molar-refractivity contribution >= 4 is 26.7 Å². The van der Waals surface area contributed by atoms with Crippen molar-refractivity contribution in [1.29, 1.82) is 0 Å². The van der Waals surface area contributed by atoms with E-state index in [-0.39, 0.29) is 5.56 Å². The van der Waals surface area contributed by atoms with Crippen LogP contribution in [0.15, 0.2) is 59.3 Å². The van der Waals surface area contributed by atoms with Crippen LogP contribution < -0.4 is 0 Å². The highest BCUT2D eigenvalue weighted by Crippen LogP contribution is 2.30. The van der Waals surface area contributed by atoms with E-state index in [9.17, 15) is 9.50 Å². The van der Waals surface area contributed by atoms with Gasteiger partial charge in [-0.1, -0.05) is 40.2 Å². The number of pyridine rings is 1. The molecule has 0 aliphatic heterocycles. The molecule has 4 heteroatoms. The lowest BCUT2D eigenvalue weighted by Gasteiger charge is -2.15. The lowest BCUT2D eigenvalue weighted by Crippen LogP contribution is -2.03. The second kappa shape index (κ2) is 5.31. The average Bonchev–Trinajstić information content (AvgIpc) is 2.46. The van der Waals surface area contributed by atoms with E-state index in [1.54, 1.807) is 30.6 Å². The molecule has 1 unspecified atom stereocenters. The van der Waals surface area contributed by atoms with Crippen LogP contribution in [0.4, 0.5) is 4.39 Å². The summed E-state index contributed by atoms with van der Waals surface area (Å²) in [7, 11) is 0. The summed E-state index contributed by atoms with van der Waals surface area (Å²) in [6.45, 7) is 0. The summed E-state index contributed by atoms with van der Waals surface area (Å²) in [4.78, 5) is 4.07. The highest BCUT2D eigenvalue weighted by molar-refractivity contribution is 9.10. The molecule has 2 aromatic carbocycles. The smallest absolute Gasteiger partial charge is 0.130 e. The van der Waals surface area contributed by atoms with Crippen LogP contribution in [0.2, 0.25) is 0 Å². The lowest BCUT2D eigenvalue weighted by molar-refractivity contribution is 0.216. The zero-order valence-electron chi connectivity index (χ0n) is 10.4. The van der Waals surface area contributed by atoms with E-state index >= 15 is 0 Å². The first-order valence-corrected chi connectivity index (χ1v) is 6.92. The Hall–Kier alpha value is -1.78. The number of halogens is 2. The summed E-state index contributed by atoms with van der Waals surface area (Å²) in [6.07, 6.45) is 2.36. The van der Waals surface area contributed by atoms with Crippen molar-refractivity contribution in [2.75, 3.05) is 0 Å². The molecular weight excluding hydrogens is 321 g/mol. The maximum absolute atomic E-state index is 14.0. The van der Waals surface area contributed by atoms with Gasteiger partial charge < -0.3 is 5.11 Å². The van der Waals surface area contributed by atoms with Gasteiger partial charge in [0.15, 0.2) is 0 Å². The maximum Gasteiger partial charge on any atom is 0.130 e. The Balaban J connectivity index is 2.15. The van der Waals surface area contributed by atoms with Gasteiger partial charge in [-0.2, -0.15) is 0 Å². The third-order valence-corrected chi connectivity index (χ3v) is 3.76. The highest BCUT2D eigenvalue weighted by atomic mass is 79.9. The van der Waals surface area contributed by atoms with Gasteiger partial charge in [-0.05, 0) is 29.1 Å². The zero-order chi connectivity index (χ0) is 14.1. The molecule has 1 atom stereocenters. The minimum absolute atomic E-state index is 0.254. The fraction of sp³-hybridized carbons (Fsp3) is 0.0625. The van der Waals surface area contributed by atoms with Crippen LogP contribution in [-0.2, 0) is 0 Å². The van der Waals surface area contributed by atoms with E-state index < -0.39 is 11.9 Å². The number of fused-ring (bicyclic) bond motifs is 1. The molecule has 3 rings (SSSR count). The number of rotatable bonds is 2. The molecule has 0 spiro atoms. The third-order valence-electron chi connectivity index (χ3n) is 3.27. The first-order chi connectivity index (χ1) is 9.66. The van der Waals surface area contributed by atoms with Gasteiger partial charge in [0.1, 0.15) is 11.9 Å². The molecule has 0 saturated carbocycles. The van der Waals surface area contributed by atoms with Gasteiger partial charge in [-0.3, -0.25) is 4.98 Å². The molecule has 20 heavy (non-hydrogen) atoms. The van der Waals surface area contributed by atoms with Gasteiger partial charge in [0.2, 0.25) is 0 Å². The van der Waals surface area contributed by atoms with E-state index in [0.29, 0.717) is 10.0 Å². The van der Waals surface area contributed by atoms with Gasteiger partial charge in [0.25, 0.3) is 0 Å². The molecule has 0 fully saturated rings. The number of hydrogen-bond donors (Lipinski definition) is 1. The second-order valence-electron chi connectivity index (χ2n) is 4.51. The van der Waals surface area contributed by atoms with Crippen molar-refractivity contribution in [2.24, 2.45) is 0 Å². The minimum atomic E-state index is -1.02. The molecule has 1 N–H and O–H groups in total. The fourth-order valence-corrected chi connectivity index (χ4v) is 2.60. The SMILES string of the molecule is OC(c1ccc(Br)cc1F)c1cccc2ccncc12. The molecule has 0 amide bonds. The summed E-state index contributed by atoms with van der Waals surface area (Å²) < 4.78 is 14.6. The summed E-state index contributed by atoms with van der Waals surface area (Å²) in [5.74, 6) is -0.437. The number of nitrogens with zero attached hydrogens (tertiary/aromatic N) is 1. The number of benzene rings is 2. The quantitative estimate of drug-likeness (QED) is 0.762. The first-order valence-electron chi connectivity index (χ1n) is 6.12. The Morgan fingerprint density at radius 2 is 1.95 bits per heavy atom. The van der Waals surface area contributed by atoms with Crippen LogP contribution in [0.3, 0.4) is 0 Å². The van der Waals surface area contributed by atoms with Crippen LogP contribution in [-0.4, -0.2) is 10.1 Å². The maximum atomic E-state index is 14.0. The van der Waals surface area contributed by atoms with Crippen molar-refractivity contribution in [3.63, 3.8) is 0 Å². The van der Waals surface area contributed by atoms with Gasteiger partial charge in [0.05, 0.1) is 0 Å². The second-order valence-corrected chi connectivity index (χ2v) is 5.43. The molecule has 1 heterocycles. The Bertz CT molecular complexity index is 770. The van der Waals surface area contributed by atoms with Gasteiger partial charge in [0, 0.05) is 27.8 Å².